The molecule has 0 aromatic heterocycles. The molecule has 2 aliphatic heterocycles. The average molecular weight is 397 g/mol. The van der Waals surface area contributed by atoms with Crippen LogP contribution in [0.3, 0.4) is 0 Å². The molecule has 0 aromatic carbocycles. The molecular formula is C15H27NO11. The zero-order chi connectivity index (χ0) is 20.6. The molecule has 0 unspecified atom stereocenters. The van der Waals surface area contributed by atoms with Gasteiger partial charge in [0.1, 0.15) is 30.5 Å². The van der Waals surface area contributed by atoms with Gasteiger partial charge in [-0.05, 0) is 0 Å². The third kappa shape index (κ3) is 3.35. The van der Waals surface area contributed by atoms with Crippen molar-refractivity contribution >= 4 is 5.91 Å². The van der Waals surface area contributed by atoms with Gasteiger partial charge in [0.25, 0.3) is 0 Å². The molecule has 8 N–H and O–H groups in total. The third-order valence-electron chi connectivity index (χ3n) is 5.22. The summed E-state index contributed by atoms with van der Waals surface area (Å²) >= 11 is 0. The van der Waals surface area contributed by atoms with E-state index >= 15 is 0 Å². The summed E-state index contributed by atoms with van der Waals surface area (Å²) in [6.07, 6.45) is -10.6. The number of ether oxygens (including phenoxy) is 3. The number of rotatable bonds is 5. The van der Waals surface area contributed by atoms with Crippen molar-refractivity contribution in [3.8, 4) is 0 Å². The number of hydrogen-bond donors (Lipinski definition) is 8. The molecule has 0 radical (unpaired) electrons. The molecule has 12 heteroatoms. The minimum Gasteiger partial charge on any atom is -0.394 e. The van der Waals surface area contributed by atoms with Crippen molar-refractivity contribution in [2.24, 2.45) is 0 Å². The fourth-order valence-corrected chi connectivity index (χ4v) is 3.75. The molecule has 0 aromatic rings. The van der Waals surface area contributed by atoms with Crippen LogP contribution < -0.4 is 5.32 Å². The van der Waals surface area contributed by atoms with Gasteiger partial charge in [-0.1, -0.05) is 0 Å². The van der Waals surface area contributed by atoms with Gasteiger partial charge in [-0.3, -0.25) is 4.79 Å². The average Bonchev–Trinajstić information content (AvgIpc) is 2.63. The number of amides is 1. The summed E-state index contributed by atoms with van der Waals surface area (Å²) in [7, 11) is 1.07. The molecule has 0 bridgehead atoms. The van der Waals surface area contributed by atoms with Crippen molar-refractivity contribution in [3.05, 3.63) is 0 Å². The summed E-state index contributed by atoms with van der Waals surface area (Å²) in [5.74, 6) is -0.644. The van der Waals surface area contributed by atoms with Crippen LogP contribution in [-0.2, 0) is 19.0 Å². The highest BCUT2D eigenvalue weighted by Crippen LogP contribution is 2.44. The zero-order valence-electron chi connectivity index (χ0n) is 14.9. The molecule has 12 nitrogen and oxygen atoms in total. The maximum atomic E-state index is 11.5. The number of carbonyl (C=O) groups excluding carboxylic acids is 1. The molecule has 0 spiro atoms. The van der Waals surface area contributed by atoms with E-state index in [0.717, 1.165) is 14.0 Å². The van der Waals surface area contributed by atoms with Crippen molar-refractivity contribution in [3.63, 3.8) is 0 Å². The lowest BCUT2D eigenvalue weighted by Crippen LogP contribution is -2.85. The topological polar surface area (TPSA) is 198 Å². The Labute approximate surface area is 154 Å². The Morgan fingerprint density at radius 2 is 1.70 bits per heavy atom. The minimum absolute atomic E-state index is 0.441. The second-order valence-electron chi connectivity index (χ2n) is 6.76. The summed E-state index contributed by atoms with van der Waals surface area (Å²) in [4.78, 5) is 11.5. The molecular weight excluding hydrogens is 370 g/mol. The molecule has 2 fully saturated rings. The molecule has 2 aliphatic rings. The van der Waals surface area contributed by atoms with Gasteiger partial charge >= 0.3 is 0 Å². The van der Waals surface area contributed by atoms with Crippen molar-refractivity contribution in [2.45, 2.75) is 61.0 Å². The van der Waals surface area contributed by atoms with Crippen molar-refractivity contribution < 1.29 is 54.8 Å². The van der Waals surface area contributed by atoms with Gasteiger partial charge in [0.15, 0.2) is 17.5 Å². The van der Waals surface area contributed by atoms with E-state index in [0.29, 0.717) is 0 Å². The van der Waals surface area contributed by atoms with Crippen LogP contribution in [0.25, 0.3) is 0 Å². The molecule has 2 rings (SSSR count). The molecule has 158 valence electrons. The van der Waals surface area contributed by atoms with Crippen LogP contribution in [0, 0.1) is 0 Å². The van der Waals surface area contributed by atoms with Gasteiger partial charge in [0.05, 0.1) is 25.9 Å². The Morgan fingerprint density at radius 1 is 1.11 bits per heavy atom. The molecule has 2 heterocycles. The lowest BCUT2D eigenvalue weighted by atomic mass is 9.65. The normalized spacial score (nSPS) is 48.3. The Kier molecular flexibility index (Phi) is 6.80. The number of carbonyl (C=O) groups is 1. The number of aliphatic hydroxyl groups excluding tert-OH is 5. The molecule has 0 saturated carbocycles. The maximum Gasteiger partial charge on any atom is 0.217 e. The standard InChI is InChI=1S/C15H27NO11/c1-6(19)16-9-5-26-8(4-18)11(21)14(9,23)15(24)12(22)10(20)7(3-17)27-13(15)25-2/h7-13,17-18,20-24H,3-5H2,1-2H3,(H,16,19)/t7-,8-,9-,10+,11-,12+,13+,14+,15-/m1/s1. The van der Waals surface area contributed by atoms with E-state index in [-0.39, 0.29) is 0 Å². The van der Waals surface area contributed by atoms with Crippen LogP contribution in [0.5, 0.6) is 0 Å². The van der Waals surface area contributed by atoms with Crippen LogP contribution in [0.2, 0.25) is 0 Å². The van der Waals surface area contributed by atoms with Crippen molar-refractivity contribution in [1.82, 2.24) is 5.32 Å². The SMILES string of the molecule is CO[C@H]1O[C@H](CO)[C@H](O)[C@H](O)[C@]1(O)[C@@]1(O)[C@H](O)[C@@H](CO)OC[C@H]1NC(C)=O. The maximum absolute atomic E-state index is 11.5. The van der Waals surface area contributed by atoms with Crippen molar-refractivity contribution in [2.75, 3.05) is 26.9 Å². The Balaban J connectivity index is 2.58. The largest absolute Gasteiger partial charge is 0.394 e. The van der Waals surface area contributed by atoms with Gasteiger partial charge in [0.2, 0.25) is 5.91 Å². The molecule has 0 aliphatic carbocycles. The number of methoxy groups -OCH3 is 1. The highest BCUT2D eigenvalue weighted by atomic mass is 16.7. The van der Waals surface area contributed by atoms with E-state index in [1.54, 1.807) is 0 Å². The summed E-state index contributed by atoms with van der Waals surface area (Å²) < 4.78 is 15.5. The fourth-order valence-electron chi connectivity index (χ4n) is 3.75. The number of hydrogen-bond acceptors (Lipinski definition) is 11. The van der Waals surface area contributed by atoms with E-state index in [1.807, 2.05) is 0 Å². The van der Waals surface area contributed by atoms with Crippen LogP contribution >= 0.6 is 0 Å². The first kappa shape index (κ1) is 22.4. The van der Waals surface area contributed by atoms with Crippen LogP contribution in [0.1, 0.15) is 6.92 Å². The highest BCUT2D eigenvalue weighted by molar-refractivity contribution is 5.73. The summed E-state index contributed by atoms with van der Waals surface area (Å²) in [6.45, 7) is -0.800. The lowest BCUT2D eigenvalue weighted by Gasteiger charge is -2.59. The van der Waals surface area contributed by atoms with Gasteiger partial charge in [0, 0.05) is 14.0 Å². The van der Waals surface area contributed by atoms with Gasteiger partial charge in [-0.25, -0.2) is 0 Å². The first-order valence-corrected chi connectivity index (χ1v) is 8.37. The first-order chi connectivity index (χ1) is 12.6. The number of nitrogens with one attached hydrogen (secondary N) is 1. The minimum atomic E-state index is -2.88. The molecule has 27 heavy (non-hydrogen) atoms. The number of aliphatic hydroxyl groups is 7. The smallest absolute Gasteiger partial charge is 0.217 e. The van der Waals surface area contributed by atoms with E-state index < -0.39 is 79.8 Å². The third-order valence-corrected chi connectivity index (χ3v) is 5.22. The van der Waals surface area contributed by atoms with E-state index in [9.17, 15) is 40.5 Å². The lowest BCUT2D eigenvalue weighted by molar-refractivity contribution is -0.399. The molecule has 2 saturated heterocycles. The Morgan fingerprint density at radius 3 is 2.19 bits per heavy atom. The van der Waals surface area contributed by atoms with Crippen LogP contribution in [0.15, 0.2) is 0 Å². The Hall–Kier alpha value is -0.930. The molecule has 1 amide bonds. The van der Waals surface area contributed by atoms with E-state index in [2.05, 4.69) is 5.32 Å². The fraction of sp³-hybridized carbons (Fsp3) is 0.933. The van der Waals surface area contributed by atoms with Crippen LogP contribution in [0.4, 0.5) is 0 Å². The van der Waals surface area contributed by atoms with Crippen molar-refractivity contribution in [1.29, 1.82) is 0 Å². The zero-order valence-corrected chi connectivity index (χ0v) is 14.9. The van der Waals surface area contributed by atoms with Gasteiger partial charge < -0.3 is 55.3 Å². The second-order valence-corrected chi connectivity index (χ2v) is 6.76. The van der Waals surface area contributed by atoms with Gasteiger partial charge in [-0.15, -0.1) is 0 Å². The summed E-state index contributed by atoms with van der Waals surface area (Å²) in [5, 5.41) is 75.1. The first-order valence-electron chi connectivity index (χ1n) is 8.37. The predicted octanol–water partition coefficient (Wildman–Crippen LogP) is -5.21. The summed E-state index contributed by atoms with van der Waals surface area (Å²) in [6, 6.07) is -1.47. The second kappa shape index (κ2) is 8.21. The van der Waals surface area contributed by atoms with E-state index in [4.69, 9.17) is 14.2 Å². The quantitative estimate of drug-likeness (QED) is 0.220. The van der Waals surface area contributed by atoms with E-state index in [1.165, 1.54) is 0 Å². The Bertz CT molecular complexity index is 532. The molecule has 9 atom stereocenters. The predicted molar refractivity (Wildman–Crippen MR) is 85.1 cm³/mol. The van der Waals surface area contributed by atoms with Gasteiger partial charge in [-0.2, -0.15) is 0 Å². The monoisotopic (exact) mass is 397 g/mol. The summed E-state index contributed by atoms with van der Waals surface area (Å²) in [5.41, 5.74) is -5.65. The van der Waals surface area contributed by atoms with Crippen LogP contribution in [-0.4, -0.2) is 123 Å². The highest BCUT2D eigenvalue weighted by Gasteiger charge is 2.72.